The van der Waals surface area contributed by atoms with E-state index in [0.29, 0.717) is 54.3 Å². The number of halogens is 2. The lowest BCUT2D eigenvalue weighted by Gasteiger charge is -2.25. The zero-order valence-electron chi connectivity index (χ0n) is 22.8. The highest BCUT2D eigenvalue weighted by Gasteiger charge is 2.34. The molecule has 1 aromatic heterocycles. The van der Waals surface area contributed by atoms with Crippen molar-refractivity contribution in [3.8, 4) is 11.5 Å². The zero-order valence-corrected chi connectivity index (χ0v) is 25.1. The standard InChI is InChI=1S/C32H26Cl2N2O5S/c1-4-14-40-31(38)28-19(2)35-32-36(30(37)27(42-32)16-21-10-12-23(33)24(34)15-21)29(28)22-11-13-25(26(17-22)39-3)41-18-20-8-6-5-7-9-20/h4-13,15-17,29H,1,14,18H2,2-3H3. The van der Waals surface area contributed by atoms with Crippen LogP contribution in [0.5, 0.6) is 11.5 Å². The molecular formula is C32H26Cl2N2O5S. The van der Waals surface area contributed by atoms with E-state index in [2.05, 4.69) is 11.6 Å². The quantitative estimate of drug-likeness (QED) is 0.173. The van der Waals surface area contributed by atoms with E-state index in [9.17, 15) is 9.59 Å². The van der Waals surface area contributed by atoms with Crippen LogP contribution in [-0.4, -0.2) is 24.3 Å². The summed E-state index contributed by atoms with van der Waals surface area (Å²) in [5, 5.41) is 0.791. The minimum atomic E-state index is -0.827. The summed E-state index contributed by atoms with van der Waals surface area (Å²) in [5.74, 6) is 0.381. The van der Waals surface area contributed by atoms with E-state index >= 15 is 0 Å². The van der Waals surface area contributed by atoms with Gasteiger partial charge in [-0.1, -0.05) is 89.7 Å². The maximum atomic E-state index is 13.9. The zero-order chi connectivity index (χ0) is 29.8. The van der Waals surface area contributed by atoms with Gasteiger partial charge in [-0.2, -0.15) is 0 Å². The summed E-state index contributed by atoms with van der Waals surface area (Å²) in [6.45, 7) is 5.71. The van der Waals surface area contributed by atoms with Crippen molar-refractivity contribution in [3.63, 3.8) is 0 Å². The van der Waals surface area contributed by atoms with E-state index in [1.54, 1.807) is 43.3 Å². The van der Waals surface area contributed by atoms with Crippen molar-refractivity contribution in [2.24, 2.45) is 4.99 Å². The minimum Gasteiger partial charge on any atom is -0.493 e. The second kappa shape index (κ2) is 12.8. The van der Waals surface area contributed by atoms with Crippen LogP contribution in [0, 0.1) is 0 Å². The number of hydrogen-bond donors (Lipinski definition) is 0. The molecule has 42 heavy (non-hydrogen) atoms. The number of fused-ring (bicyclic) bond motifs is 1. The van der Waals surface area contributed by atoms with Gasteiger partial charge in [0.15, 0.2) is 16.3 Å². The van der Waals surface area contributed by atoms with Gasteiger partial charge >= 0.3 is 5.97 Å². The predicted molar refractivity (Wildman–Crippen MR) is 165 cm³/mol. The lowest BCUT2D eigenvalue weighted by molar-refractivity contribution is -0.138. The summed E-state index contributed by atoms with van der Waals surface area (Å²) in [7, 11) is 1.54. The fraction of sp³-hybridized carbons (Fsp3) is 0.156. The number of allylic oxidation sites excluding steroid dienone is 1. The van der Waals surface area contributed by atoms with E-state index in [0.717, 1.165) is 5.56 Å². The van der Waals surface area contributed by atoms with E-state index in [1.165, 1.54) is 29.1 Å². The van der Waals surface area contributed by atoms with Gasteiger partial charge in [0.1, 0.15) is 13.2 Å². The molecule has 0 N–H and O–H groups in total. The lowest BCUT2D eigenvalue weighted by atomic mass is 9.95. The summed E-state index contributed by atoms with van der Waals surface area (Å²) in [6.07, 6.45) is 3.20. The first-order valence-electron chi connectivity index (χ1n) is 12.9. The van der Waals surface area contributed by atoms with Gasteiger partial charge in [-0.3, -0.25) is 9.36 Å². The average Bonchev–Trinajstić information content (AvgIpc) is 3.30. The molecule has 0 saturated heterocycles. The number of carbonyl (C=O) groups is 1. The van der Waals surface area contributed by atoms with Crippen molar-refractivity contribution in [1.82, 2.24) is 4.57 Å². The SMILES string of the molecule is C=CCOC(=O)C1=C(C)N=c2sc(=Cc3ccc(Cl)c(Cl)c3)c(=O)n2C1c1ccc(OCc2ccccc2)c(OC)c1. The summed E-state index contributed by atoms with van der Waals surface area (Å²) < 4.78 is 19.1. The Morgan fingerprint density at radius 3 is 2.57 bits per heavy atom. The van der Waals surface area contributed by atoms with E-state index in [1.807, 2.05) is 36.4 Å². The number of esters is 1. The average molecular weight is 622 g/mol. The molecule has 2 heterocycles. The molecule has 1 atom stereocenters. The number of thiazole rings is 1. The Morgan fingerprint density at radius 2 is 1.86 bits per heavy atom. The molecule has 3 aromatic carbocycles. The Labute approximate surface area is 256 Å². The molecule has 7 nitrogen and oxygen atoms in total. The molecule has 4 aromatic rings. The highest BCUT2D eigenvalue weighted by Crippen LogP contribution is 2.36. The van der Waals surface area contributed by atoms with Crippen molar-refractivity contribution in [3.05, 3.63) is 137 Å². The molecule has 0 fully saturated rings. The van der Waals surface area contributed by atoms with Gasteiger partial charge < -0.3 is 14.2 Å². The summed E-state index contributed by atoms with van der Waals surface area (Å²) in [4.78, 5) is 32.3. The molecule has 1 aliphatic rings. The van der Waals surface area contributed by atoms with Crippen LogP contribution < -0.4 is 24.4 Å². The van der Waals surface area contributed by atoms with Crippen LogP contribution >= 0.6 is 34.5 Å². The summed E-state index contributed by atoms with van der Waals surface area (Å²) >= 11 is 13.5. The van der Waals surface area contributed by atoms with Crippen LogP contribution in [0.15, 0.2) is 100 Å². The topological polar surface area (TPSA) is 79.1 Å². The maximum Gasteiger partial charge on any atom is 0.338 e. The fourth-order valence-electron chi connectivity index (χ4n) is 4.57. The summed E-state index contributed by atoms with van der Waals surface area (Å²) in [6, 6.07) is 19.4. The van der Waals surface area contributed by atoms with E-state index < -0.39 is 12.0 Å². The van der Waals surface area contributed by atoms with Gasteiger partial charge in [-0.25, -0.2) is 9.79 Å². The molecule has 10 heteroatoms. The molecule has 0 radical (unpaired) electrons. The lowest BCUT2D eigenvalue weighted by Crippen LogP contribution is -2.40. The Bertz CT molecular complexity index is 1880. The van der Waals surface area contributed by atoms with E-state index in [-0.39, 0.29) is 17.7 Å². The molecule has 0 spiro atoms. The number of ether oxygens (including phenoxy) is 3. The second-order valence-electron chi connectivity index (χ2n) is 9.33. The highest BCUT2D eigenvalue weighted by atomic mass is 35.5. The molecule has 1 unspecified atom stereocenters. The maximum absolute atomic E-state index is 13.9. The Kier molecular flexibility index (Phi) is 8.97. The van der Waals surface area contributed by atoms with Crippen molar-refractivity contribution < 1.29 is 19.0 Å². The van der Waals surface area contributed by atoms with Crippen LogP contribution in [0.4, 0.5) is 0 Å². The third-order valence-corrected chi connectivity index (χ3v) is 8.28. The largest absolute Gasteiger partial charge is 0.493 e. The smallest absolute Gasteiger partial charge is 0.338 e. The third kappa shape index (κ3) is 6.06. The number of carbonyl (C=O) groups excluding carboxylic acids is 1. The molecule has 0 saturated carbocycles. The number of methoxy groups -OCH3 is 1. The molecule has 0 amide bonds. The van der Waals surface area contributed by atoms with Crippen molar-refractivity contribution >= 4 is 46.6 Å². The fourth-order valence-corrected chi connectivity index (χ4v) is 5.93. The Hall–Kier alpha value is -4.11. The van der Waals surface area contributed by atoms with Crippen molar-refractivity contribution in [2.45, 2.75) is 19.6 Å². The van der Waals surface area contributed by atoms with Crippen LogP contribution in [0.3, 0.4) is 0 Å². The number of aromatic nitrogens is 1. The number of nitrogens with zero attached hydrogens (tertiary/aromatic N) is 2. The third-order valence-electron chi connectivity index (χ3n) is 6.56. The van der Waals surface area contributed by atoms with Gasteiger partial charge in [0.25, 0.3) is 5.56 Å². The first-order chi connectivity index (χ1) is 20.3. The molecule has 1 aliphatic heterocycles. The van der Waals surface area contributed by atoms with Gasteiger partial charge in [-0.15, -0.1) is 0 Å². The predicted octanol–water partition coefficient (Wildman–Crippen LogP) is 5.86. The first kappa shape index (κ1) is 29.4. The van der Waals surface area contributed by atoms with E-state index in [4.69, 9.17) is 37.4 Å². The summed E-state index contributed by atoms with van der Waals surface area (Å²) in [5.41, 5.74) is 2.70. The Morgan fingerprint density at radius 1 is 1.07 bits per heavy atom. The first-order valence-corrected chi connectivity index (χ1v) is 14.5. The van der Waals surface area contributed by atoms with Crippen LogP contribution in [0.25, 0.3) is 6.08 Å². The van der Waals surface area contributed by atoms with Crippen molar-refractivity contribution in [1.29, 1.82) is 0 Å². The monoisotopic (exact) mass is 620 g/mol. The van der Waals surface area contributed by atoms with Crippen LogP contribution in [-0.2, 0) is 16.1 Å². The normalized spacial score (nSPS) is 14.7. The second-order valence-corrected chi connectivity index (χ2v) is 11.2. The molecule has 0 bridgehead atoms. The number of rotatable bonds is 9. The number of benzene rings is 3. The van der Waals surface area contributed by atoms with Gasteiger partial charge in [0.2, 0.25) is 0 Å². The molecular weight excluding hydrogens is 595 g/mol. The van der Waals surface area contributed by atoms with Gasteiger partial charge in [0, 0.05) is 0 Å². The molecule has 5 rings (SSSR count). The highest BCUT2D eigenvalue weighted by molar-refractivity contribution is 7.07. The number of hydrogen-bond acceptors (Lipinski definition) is 7. The molecule has 0 aliphatic carbocycles. The van der Waals surface area contributed by atoms with Crippen LogP contribution in [0.1, 0.15) is 29.7 Å². The van der Waals surface area contributed by atoms with Crippen LogP contribution in [0.2, 0.25) is 10.0 Å². The minimum absolute atomic E-state index is 0.0136. The van der Waals surface area contributed by atoms with Gasteiger partial charge in [0.05, 0.1) is 39.0 Å². The molecule has 214 valence electrons. The Balaban J connectivity index is 1.62. The van der Waals surface area contributed by atoms with Crippen molar-refractivity contribution in [2.75, 3.05) is 13.7 Å². The van der Waals surface area contributed by atoms with Gasteiger partial charge in [-0.05, 0) is 54.0 Å².